The van der Waals surface area contributed by atoms with Crippen molar-refractivity contribution in [1.82, 2.24) is 19.7 Å². The van der Waals surface area contributed by atoms with Crippen LogP contribution in [0.3, 0.4) is 0 Å². The Bertz CT molecular complexity index is 1400. The lowest BCUT2D eigenvalue weighted by atomic mass is 9.98. The van der Waals surface area contributed by atoms with E-state index in [4.69, 9.17) is 9.47 Å². The van der Waals surface area contributed by atoms with Gasteiger partial charge in [-0.15, -0.1) is 0 Å². The molecule has 1 aromatic carbocycles. The number of benzene rings is 1. The molecule has 10 nitrogen and oxygen atoms in total. The first-order chi connectivity index (χ1) is 18.5. The molecule has 2 saturated heterocycles. The number of nitrogens with zero attached hydrogens (tertiary/aromatic N) is 3. The van der Waals surface area contributed by atoms with Crippen LogP contribution in [0.5, 0.6) is 5.75 Å². The molecule has 5 rings (SSSR count). The first kappa shape index (κ1) is 26.8. The lowest BCUT2D eigenvalue weighted by Crippen LogP contribution is -2.50. The fourth-order valence-electron chi connectivity index (χ4n) is 5.30. The van der Waals surface area contributed by atoms with Crippen LogP contribution in [0.4, 0.5) is 8.78 Å². The van der Waals surface area contributed by atoms with Crippen molar-refractivity contribution in [3.8, 4) is 5.75 Å². The van der Waals surface area contributed by atoms with E-state index in [1.807, 2.05) is 0 Å². The number of halogens is 2. The number of amides is 2. The summed E-state index contributed by atoms with van der Waals surface area (Å²) in [5, 5.41) is 2.48. The lowest BCUT2D eigenvalue weighted by Gasteiger charge is -2.36. The van der Waals surface area contributed by atoms with Gasteiger partial charge in [-0.25, -0.2) is 8.78 Å². The normalized spacial score (nSPS) is 20.3. The number of ether oxygens (including phenoxy) is 2. The van der Waals surface area contributed by atoms with Crippen LogP contribution in [-0.2, 0) is 22.6 Å². The maximum atomic E-state index is 14.1. The Morgan fingerprint density at radius 3 is 2.64 bits per heavy atom. The van der Waals surface area contributed by atoms with E-state index in [-0.39, 0.29) is 35.6 Å². The van der Waals surface area contributed by atoms with Crippen molar-refractivity contribution in [2.24, 2.45) is 5.41 Å². The van der Waals surface area contributed by atoms with Gasteiger partial charge < -0.3 is 24.3 Å². The van der Waals surface area contributed by atoms with E-state index in [1.165, 1.54) is 16.8 Å². The maximum Gasteiger partial charge on any atom is 0.314 e. The van der Waals surface area contributed by atoms with Crippen LogP contribution in [0.1, 0.15) is 60.0 Å². The molecule has 1 aromatic heterocycles. The summed E-state index contributed by atoms with van der Waals surface area (Å²) in [6.07, 6.45) is 3.08. The van der Waals surface area contributed by atoms with Crippen molar-refractivity contribution in [2.45, 2.75) is 58.9 Å². The number of fused-ring (bicyclic) bond motifs is 4. The second-order valence-corrected chi connectivity index (χ2v) is 11.0. The molecular weight excluding hydrogens is 514 g/mol. The predicted molar refractivity (Wildman–Crippen MR) is 134 cm³/mol. The molecule has 0 aliphatic carbocycles. The van der Waals surface area contributed by atoms with Crippen LogP contribution in [0.2, 0.25) is 0 Å². The third-order valence-electron chi connectivity index (χ3n) is 7.34. The van der Waals surface area contributed by atoms with Crippen molar-refractivity contribution in [2.75, 3.05) is 19.9 Å². The van der Waals surface area contributed by atoms with Crippen LogP contribution < -0.4 is 15.5 Å². The smallest absolute Gasteiger partial charge is 0.314 e. The van der Waals surface area contributed by atoms with E-state index in [9.17, 15) is 28.0 Å². The molecule has 1 N–H and O–H groups in total. The average Bonchev–Trinajstić information content (AvgIpc) is 3.46. The monoisotopic (exact) mass is 544 g/mol. The number of pyridine rings is 1. The Labute approximate surface area is 223 Å². The second-order valence-electron chi connectivity index (χ2n) is 11.0. The fraction of sp³-hybridized carbons (Fsp3) is 0.481. The second kappa shape index (κ2) is 10.1. The van der Waals surface area contributed by atoms with Gasteiger partial charge >= 0.3 is 5.97 Å². The Morgan fingerprint density at radius 1 is 1.15 bits per heavy atom. The Morgan fingerprint density at radius 2 is 1.92 bits per heavy atom. The molecule has 2 amide bonds. The van der Waals surface area contributed by atoms with Crippen LogP contribution in [0.25, 0.3) is 0 Å². The summed E-state index contributed by atoms with van der Waals surface area (Å²) in [7, 11) is 0. The van der Waals surface area contributed by atoms with Gasteiger partial charge in [0, 0.05) is 43.5 Å². The van der Waals surface area contributed by atoms with Crippen LogP contribution in [0.15, 0.2) is 29.2 Å². The largest absolute Gasteiger partial charge is 0.451 e. The Kier molecular flexibility index (Phi) is 6.91. The topological polar surface area (TPSA) is 110 Å². The number of hydrogen-bond donors (Lipinski definition) is 1. The van der Waals surface area contributed by atoms with Crippen LogP contribution >= 0.6 is 0 Å². The molecule has 2 fully saturated rings. The average molecular weight is 545 g/mol. The standard InChI is InChI=1S/C27H30F2N4O6/c1-27(2,3)26(37)39-14-38-23-21-25(36)33-11-17-5-4-8-32(17)20(33)13-31(21)12-18(22(23)34)24(35)30-10-15-6-7-16(28)9-19(15)29/h6-7,9,12,17,20H,4-5,8,10-11,13-14H2,1-3H3,(H,30,35)/t17-,20+/m1/s1. The number of aromatic nitrogens is 1. The number of carbonyl (C=O) groups is 3. The summed E-state index contributed by atoms with van der Waals surface area (Å²) in [5.74, 6) is -3.79. The van der Waals surface area contributed by atoms with Gasteiger partial charge in [-0.3, -0.25) is 24.1 Å². The number of esters is 1. The SMILES string of the molecule is CC(C)(C)C(=O)OCOc1c2n(cc(C(=O)NCc3ccc(F)cc3F)c1=O)C[C@@H]1N(C[C@H]3CCCN31)C2=O. The molecule has 4 heterocycles. The highest BCUT2D eigenvalue weighted by molar-refractivity contribution is 5.99. The highest BCUT2D eigenvalue weighted by Crippen LogP contribution is 2.35. The molecule has 0 unspecified atom stereocenters. The number of rotatable bonds is 6. The third-order valence-corrected chi connectivity index (χ3v) is 7.34. The molecule has 0 radical (unpaired) electrons. The molecule has 0 bridgehead atoms. The van der Waals surface area contributed by atoms with Gasteiger partial charge in [0.05, 0.1) is 12.0 Å². The quantitative estimate of drug-likeness (QED) is 0.439. The molecule has 2 atom stereocenters. The summed E-state index contributed by atoms with van der Waals surface area (Å²) in [6, 6.07) is 3.19. The van der Waals surface area contributed by atoms with Crippen molar-refractivity contribution >= 4 is 17.8 Å². The third kappa shape index (κ3) is 5.00. The van der Waals surface area contributed by atoms with E-state index in [1.54, 1.807) is 25.7 Å². The van der Waals surface area contributed by atoms with Gasteiger partial charge in [0.1, 0.15) is 23.4 Å². The van der Waals surface area contributed by atoms with Gasteiger partial charge in [0.25, 0.3) is 11.8 Å². The number of nitrogens with one attached hydrogen (secondary N) is 1. The zero-order valence-electron chi connectivity index (χ0n) is 22.0. The van der Waals surface area contributed by atoms with Crippen LogP contribution in [-0.4, -0.2) is 64.2 Å². The van der Waals surface area contributed by atoms with Crippen molar-refractivity contribution in [3.05, 3.63) is 63.1 Å². The lowest BCUT2D eigenvalue weighted by molar-refractivity contribution is -0.159. The molecule has 39 heavy (non-hydrogen) atoms. The number of hydrogen-bond acceptors (Lipinski definition) is 7. The maximum absolute atomic E-state index is 14.1. The molecule has 208 valence electrons. The van der Waals surface area contributed by atoms with Crippen molar-refractivity contribution in [1.29, 1.82) is 0 Å². The first-order valence-corrected chi connectivity index (χ1v) is 12.8. The minimum Gasteiger partial charge on any atom is -0.451 e. The molecule has 3 aliphatic heterocycles. The summed E-state index contributed by atoms with van der Waals surface area (Å²) in [4.78, 5) is 56.3. The minimum atomic E-state index is -0.864. The van der Waals surface area contributed by atoms with Gasteiger partial charge in [0.2, 0.25) is 18.0 Å². The molecule has 0 spiro atoms. The minimum absolute atomic E-state index is 0.0228. The van der Waals surface area contributed by atoms with E-state index < -0.39 is 52.8 Å². The summed E-state index contributed by atoms with van der Waals surface area (Å²) >= 11 is 0. The van der Waals surface area contributed by atoms with Gasteiger partial charge in [-0.1, -0.05) is 6.07 Å². The predicted octanol–water partition coefficient (Wildman–Crippen LogP) is 2.24. The Balaban J connectivity index is 1.46. The highest BCUT2D eigenvalue weighted by atomic mass is 19.1. The summed E-state index contributed by atoms with van der Waals surface area (Å²) < 4.78 is 39.6. The molecular formula is C27H30F2N4O6. The van der Waals surface area contributed by atoms with Gasteiger partial charge in [-0.2, -0.15) is 0 Å². The van der Waals surface area contributed by atoms with Crippen molar-refractivity contribution in [3.63, 3.8) is 0 Å². The van der Waals surface area contributed by atoms with E-state index >= 15 is 0 Å². The van der Waals surface area contributed by atoms with Gasteiger partial charge in [0.15, 0.2) is 5.69 Å². The molecule has 3 aliphatic rings. The van der Waals surface area contributed by atoms with Crippen LogP contribution in [0, 0.1) is 17.0 Å². The van der Waals surface area contributed by atoms with E-state index in [2.05, 4.69) is 10.2 Å². The first-order valence-electron chi connectivity index (χ1n) is 12.8. The summed E-state index contributed by atoms with van der Waals surface area (Å²) in [6.45, 7) is 5.73. The zero-order chi connectivity index (χ0) is 28.1. The van der Waals surface area contributed by atoms with E-state index in [0.29, 0.717) is 19.2 Å². The van der Waals surface area contributed by atoms with E-state index in [0.717, 1.165) is 25.5 Å². The van der Waals surface area contributed by atoms with Gasteiger partial charge in [-0.05, 0) is 39.7 Å². The zero-order valence-corrected chi connectivity index (χ0v) is 22.0. The fourth-order valence-corrected chi connectivity index (χ4v) is 5.30. The molecule has 0 saturated carbocycles. The molecule has 2 aromatic rings. The molecule has 12 heteroatoms. The highest BCUT2D eigenvalue weighted by Gasteiger charge is 2.48. The Hall–Kier alpha value is -3.80. The number of carbonyl (C=O) groups excluding carboxylic acids is 3. The summed E-state index contributed by atoms with van der Waals surface area (Å²) in [5.41, 5.74) is -2.00. The van der Waals surface area contributed by atoms with Crippen molar-refractivity contribution < 1.29 is 32.6 Å².